The molecule has 2 N–H and O–H groups in total. The summed E-state index contributed by atoms with van der Waals surface area (Å²) in [5, 5.41) is 12.4. The summed E-state index contributed by atoms with van der Waals surface area (Å²) in [6, 6.07) is 10.0. The molecule has 3 rings (SSSR count). The lowest BCUT2D eigenvalue weighted by atomic mass is 10.1. The first-order valence-electron chi connectivity index (χ1n) is 8.35. The molecule has 0 spiro atoms. The summed E-state index contributed by atoms with van der Waals surface area (Å²) in [4.78, 5) is 38.1. The number of hydrogen-bond acceptors (Lipinski definition) is 5. The summed E-state index contributed by atoms with van der Waals surface area (Å²) >= 11 is 6.65. The number of aromatic hydroxyl groups is 1. The van der Waals surface area contributed by atoms with Crippen LogP contribution in [-0.4, -0.2) is 33.6 Å². The first-order chi connectivity index (χ1) is 13.2. The van der Waals surface area contributed by atoms with Gasteiger partial charge >= 0.3 is 0 Å². The minimum atomic E-state index is -0.528. The van der Waals surface area contributed by atoms with Crippen LogP contribution in [0.4, 0.5) is 10.5 Å². The van der Waals surface area contributed by atoms with Crippen molar-refractivity contribution in [2.75, 3.05) is 11.9 Å². The maximum absolute atomic E-state index is 12.6. The SMILES string of the molecule is Cc1cc(/C=C2\SC(=O)N(CC(=O)Nc3cccc(Cl)c3)C2=O)cc(C)c1O. The number of nitrogens with one attached hydrogen (secondary N) is 1. The molecule has 0 aromatic heterocycles. The van der Waals surface area contributed by atoms with Gasteiger partial charge in [-0.15, -0.1) is 0 Å². The van der Waals surface area contributed by atoms with E-state index in [9.17, 15) is 19.5 Å². The highest BCUT2D eigenvalue weighted by Gasteiger charge is 2.36. The van der Waals surface area contributed by atoms with E-state index in [4.69, 9.17) is 11.6 Å². The van der Waals surface area contributed by atoms with E-state index in [1.54, 1.807) is 56.3 Å². The van der Waals surface area contributed by atoms with Gasteiger partial charge in [-0.2, -0.15) is 0 Å². The van der Waals surface area contributed by atoms with Crippen molar-refractivity contribution in [1.29, 1.82) is 0 Å². The molecule has 0 atom stereocenters. The van der Waals surface area contributed by atoms with E-state index in [2.05, 4.69) is 5.32 Å². The van der Waals surface area contributed by atoms with Crippen LogP contribution in [0.5, 0.6) is 5.75 Å². The van der Waals surface area contributed by atoms with Crippen molar-refractivity contribution in [3.63, 3.8) is 0 Å². The van der Waals surface area contributed by atoms with Gasteiger partial charge in [0.05, 0.1) is 4.91 Å². The molecule has 1 aliphatic rings. The predicted molar refractivity (Wildman–Crippen MR) is 110 cm³/mol. The molecule has 2 aromatic rings. The van der Waals surface area contributed by atoms with E-state index in [-0.39, 0.29) is 17.2 Å². The lowest BCUT2D eigenvalue weighted by Crippen LogP contribution is -2.36. The zero-order valence-corrected chi connectivity index (χ0v) is 16.7. The Kier molecular flexibility index (Phi) is 5.76. The monoisotopic (exact) mass is 416 g/mol. The third-order valence-corrected chi connectivity index (χ3v) is 5.24. The molecule has 6 nitrogen and oxygen atoms in total. The number of amides is 3. The molecule has 3 amide bonds. The second-order valence-corrected chi connectivity index (χ2v) is 7.76. The Morgan fingerprint density at radius 3 is 2.54 bits per heavy atom. The number of carbonyl (C=O) groups is 3. The molecule has 0 saturated carbocycles. The summed E-state index contributed by atoms with van der Waals surface area (Å²) in [5.41, 5.74) is 2.52. The van der Waals surface area contributed by atoms with Crippen LogP contribution in [0.3, 0.4) is 0 Å². The number of phenols is 1. The van der Waals surface area contributed by atoms with Crippen molar-refractivity contribution in [3.8, 4) is 5.75 Å². The molecular formula is C20H17ClN2O4S. The predicted octanol–water partition coefficient (Wildman–Crippen LogP) is 4.34. The van der Waals surface area contributed by atoms with Crippen LogP contribution in [0.1, 0.15) is 16.7 Å². The minimum Gasteiger partial charge on any atom is -0.507 e. The Bertz CT molecular complexity index is 996. The first kappa shape index (κ1) is 20.0. The molecule has 8 heteroatoms. The van der Waals surface area contributed by atoms with E-state index in [1.165, 1.54) is 0 Å². The zero-order valence-electron chi connectivity index (χ0n) is 15.2. The minimum absolute atomic E-state index is 0.197. The number of benzene rings is 2. The quantitative estimate of drug-likeness (QED) is 0.724. The third-order valence-electron chi connectivity index (χ3n) is 4.09. The van der Waals surface area contributed by atoms with Gasteiger partial charge in [0.2, 0.25) is 5.91 Å². The van der Waals surface area contributed by atoms with Gasteiger partial charge in [-0.3, -0.25) is 19.3 Å². The van der Waals surface area contributed by atoms with Crippen LogP contribution in [0.25, 0.3) is 6.08 Å². The number of hydrogen-bond donors (Lipinski definition) is 2. The Balaban J connectivity index is 1.73. The van der Waals surface area contributed by atoms with Gasteiger partial charge in [0.15, 0.2) is 0 Å². The number of carbonyl (C=O) groups excluding carboxylic acids is 3. The maximum Gasteiger partial charge on any atom is 0.294 e. The fraction of sp³-hybridized carbons (Fsp3) is 0.150. The average Bonchev–Trinajstić information content (AvgIpc) is 2.87. The number of thioether (sulfide) groups is 1. The lowest BCUT2D eigenvalue weighted by molar-refractivity contribution is -0.127. The van der Waals surface area contributed by atoms with Crippen molar-refractivity contribution in [1.82, 2.24) is 4.90 Å². The van der Waals surface area contributed by atoms with E-state index < -0.39 is 17.1 Å². The Hall–Kier alpha value is -2.77. The molecular weight excluding hydrogens is 400 g/mol. The van der Waals surface area contributed by atoms with Crippen LogP contribution in [0.15, 0.2) is 41.3 Å². The van der Waals surface area contributed by atoms with Crippen molar-refractivity contribution in [2.24, 2.45) is 0 Å². The summed E-state index contributed by atoms with van der Waals surface area (Å²) in [7, 11) is 0. The standard InChI is InChI=1S/C20H17ClN2O4S/c1-11-6-13(7-12(2)18(11)25)8-16-19(26)23(20(27)28-16)10-17(24)22-15-5-3-4-14(21)9-15/h3-9,25H,10H2,1-2H3,(H,22,24)/b16-8-. The van der Waals surface area contributed by atoms with E-state index in [1.807, 2.05) is 0 Å². The number of aryl methyl sites for hydroxylation is 2. The van der Waals surface area contributed by atoms with E-state index in [0.717, 1.165) is 16.7 Å². The number of phenolic OH excluding ortho intramolecular Hbond substituents is 1. The van der Waals surface area contributed by atoms with Gasteiger partial charge in [0.1, 0.15) is 12.3 Å². The number of halogens is 1. The maximum atomic E-state index is 12.6. The van der Waals surface area contributed by atoms with Gasteiger partial charge in [0, 0.05) is 10.7 Å². The summed E-state index contributed by atoms with van der Waals surface area (Å²) < 4.78 is 0. The molecule has 0 radical (unpaired) electrons. The van der Waals surface area contributed by atoms with Gasteiger partial charge < -0.3 is 10.4 Å². The number of anilines is 1. The van der Waals surface area contributed by atoms with Gasteiger partial charge in [-0.25, -0.2) is 0 Å². The molecule has 144 valence electrons. The molecule has 28 heavy (non-hydrogen) atoms. The largest absolute Gasteiger partial charge is 0.507 e. The highest BCUT2D eigenvalue weighted by atomic mass is 35.5. The second-order valence-electron chi connectivity index (χ2n) is 6.33. The second kappa shape index (κ2) is 8.08. The van der Waals surface area contributed by atoms with Crippen molar-refractivity contribution in [3.05, 3.63) is 63.0 Å². The molecule has 1 heterocycles. The van der Waals surface area contributed by atoms with Gasteiger partial charge in [-0.05, 0) is 78.7 Å². The summed E-state index contributed by atoms with van der Waals surface area (Å²) in [5.74, 6) is -0.829. The highest BCUT2D eigenvalue weighted by Crippen LogP contribution is 2.33. The van der Waals surface area contributed by atoms with Crippen LogP contribution in [0.2, 0.25) is 5.02 Å². The molecule has 0 unspecified atom stereocenters. The average molecular weight is 417 g/mol. The molecule has 1 aliphatic heterocycles. The van der Waals surface area contributed by atoms with Crippen LogP contribution in [-0.2, 0) is 9.59 Å². The lowest BCUT2D eigenvalue weighted by Gasteiger charge is -2.12. The van der Waals surface area contributed by atoms with Crippen LogP contribution < -0.4 is 5.32 Å². The Morgan fingerprint density at radius 1 is 1.21 bits per heavy atom. The molecule has 0 bridgehead atoms. The fourth-order valence-electron chi connectivity index (χ4n) is 2.77. The van der Waals surface area contributed by atoms with Crippen molar-refractivity contribution < 1.29 is 19.5 Å². The Morgan fingerprint density at radius 2 is 1.89 bits per heavy atom. The molecule has 0 aliphatic carbocycles. The number of imide groups is 1. The van der Waals surface area contributed by atoms with Gasteiger partial charge in [-0.1, -0.05) is 17.7 Å². The van der Waals surface area contributed by atoms with Gasteiger partial charge in [0.25, 0.3) is 11.1 Å². The molecule has 2 aromatic carbocycles. The van der Waals surface area contributed by atoms with Crippen LogP contribution >= 0.6 is 23.4 Å². The van der Waals surface area contributed by atoms with Crippen LogP contribution in [0, 0.1) is 13.8 Å². The summed E-state index contributed by atoms with van der Waals surface area (Å²) in [6.07, 6.45) is 1.58. The highest BCUT2D eigenvalue weighted by molar-refractivity contribution is 8.18. The number of rotatable bonds is 4. The smallest absolute Gasteiger partial charge is 0.294 e. The van der Waals surface area contributed by atoms with Crippen molar-refractivity contribution >= 4 is 52.2 Å². The van der Waals surface area contributed by atoms with E-state index in [0.29, 0.717) is 27.4 Å². The zero-order chi connectivity index (χ0) is 20.4. The first-order valence-corrected chi connectivity index (χ1v) is 9.55. The topological polar surface area (TPSA) is 86.7 Å². The molecule has 1 saturated heterocycles. The molecule has 1 fully saturated rings. The fourth-order valence-corrected chi connectivity index (χ4v) is 3.80. The van der Waals surface area contributed by atoms with Crippen molar-refractivity contribution in [2.45, 2.75) is 13.8 Å². The Labute approximate surface area is 171 Å². The van der Waals surface area contributed by atoms with E-state index >= 15 is 0 Å². The number of nitrogens with zero attached hydrogens (tertiary/aromatic N) is 1. The summed E-state index contributed by atoms with van der Waals surface area (Å²) in [6.45, 7) is 3.12. The normalized spacial score (nSPS) is 15.4. The third kappa shape index (κ3) is 4.37.